The number of nitrogens with two attached hydrogens (primary N) is 1. The number of rotatable bonds is 11. The molecule has 0 fully saturated rings. The maximum Gasteiger partial charge on any atom is 0.268 e. The average molecular weight is 486 g/mol. The molecule has 0 aliphatic rings. The molecular weight excluding hydrogens is 454 g/mol. The standard InChI is InChI=1S/C28H31N5O3/c1-31-17-21(23-7-2-3-8-25(23)31)6-5-15-36-22-11-10-20-12-14-32(26(20)16-22)13-4-9-27(34)33-18-24(28(29)35)30-19-33/h2-3,7-8,10-12,14,16-19,27,34H,4-6,9,13,15H2,1H3,(H2,29,35)/t27-/m1/s1. The van der Waals surface area contributed by atoms with Crippen LogP contribution in [0.1, 0.15) is 41.5 Å². The summed E-state index contributed by atoms with van der Waals surface area (Å²) < 4.78 is 12.0. The Morgan fingerprint density at radius 1 is 1.11 bits per heavy atom. The third-order valence-corrected chi connectivity index (χ3v) is 6.64. The predicted molar refractivity (Wildman–Crippen MR) is 140 cm³/mol. The Labute approximate surface area is 209 Å². The molecular formula is C28H31N5O3. The zero-order valence-electron chi connectivity index (χ0n) is 20.4. The molecule has 5 aromatic rings. The van der Waals surface area contributed by atoms with E-state index in [4.69, 9.17) is 10.5 Å². The van der Waals surface area contributed by atoms with Crippen LogP contribution in [-0.2, 0) is 20.0 Å². The van der Waals surface area contributed by atoms with E-state index in [2.05, 4.69) is 76.0 Å². The Hall–Kier alpha value is -4.04. The summed E-state index contributed by atoms with van der Waals surface area (Å²) in [5, 5.41) is 12.9. The number of hydrogen-bond acceptors (Lipinski definition) is 4. The van der Waals surface area contributed by atoms with Crippen LogP contribution in [0, 0.1) is 0 Å². The quantitative estimate of drug-likeness (QED) is 0.271. The molecule has 3 heterocycles. The van der Waals surface area contributed by atoms with E-state index in [0.717, 1.165) is 42.5 Å². The van der Waals surface area contributed by atoms with Crippen molar-refractivity contribution in [3.63, 3.8) is 0 Å². The summed E-state index contributed by atoms with van der Waals surface area (Å²) in [4.78, 5) is 15.1. The minimum atomic E-state index is -0.756. The molecule has 1 atom stereocenters. The molecule has 5 rings (SSSR count). The number of primary amides is 1. The van der Waals surface area contributed by atoms with Gasteiger partial charge in [0.2, 0.25) is 0 Å². The topological polar surface area (TPSA) is 100 Å². The van der Waals surface area contributed by atoms with Gasteiger partial charge in [-0.2, -0.15) is 0 Å². The van der Waals surface area contributed by atoms with Crippen LogP contribution in [0.4, 0.5) is 0 Å². The first kappa shape index (κ1) is 23.7. The predicted octanol–water partition coefficient (Wildman–Crippen LogP) is 4.41. The number of aromatic nitrogens is 4. The Balaban J connectivity index is 1.15. The Morgan fingerprint density at radius 3 is 2.81 bits per heavy atom. The van der Waals surface area contributed by atoms with Gasteiger partial charge in [0.1, 0.15) is 17.7 Å². The number of aliphatic hydroxyl groups excluding tert-OH is 1. The van der Waals surface area contributed by atoms with E-state index in [-0.39, 0.29) is 5.69 Å². The smallest absolute Gasteiger partial charge is 0.268 e. The molecule has 0 aliphatic carbocycles. The van der Waals surface area contributed by atoms with Crippen LogP contribution in [0.5, 0.6) is 5.75 Å². The summed E-state index contributed by atoms with van der Waals surface area (Å²) in [5.41, 5.74) is 9.09. The Kier molecular flexibility index (Phi) is 6.77. The summed E-state index contributed by atoms with van der Waals surface area (Å²) >= 11 is 0. The van der Waals surface area contributed by atoms with Gasteiger partial charge in [0, 0.05) is 49.2 Å². The Morgan fingerprint density at radius 2 is 1.97 bits per heavy atom. The number of amides is 1. The molecule has 0 saturated carbocycles. The third kappa shape index (κ3) is 4.99. The van der Waals surface area contributed by atoms with Crippen LogP contribution < -0.4 is 10.5 Å². The summed E-state index contributed by atoms with van der Waals surface area (Å²) in [6.45, 7) is 1.41. The molecule has 0 unspecified atom stereocenters. The van der Waals surface area contributed by atoms with E-state index >= 15 is 0 Å². The first-order valence-electron chi connectivity index (χ1n) is 12.3. The maximum absolute atomic E-state index is 11.2. The summed E-state index contributed by atoms with van der Waals surface area (Å²) in [7, 11) is 2.09. The van der Waals surface area contributed by atoms with Crippen molar-refractivity contribution in [2.45, 2.75) is 38.5 Å². The molecule has 3 aromatic heterocycles. The van der Waals surface area contributed by atoms with E-state index < -0.39 is 12.1 Å². The minimum absolute atomic E-state index is 0.148. The van der Waals surface area contributed by atoms with Crippen LogP contribution in [0.3, 0.4) is 0 Å². The summed E-state index contributed by atoms with van der Waals surface area (Å²) in [6.07, 6.45) is 9.61. The van der Waals surface area contributed by atoms with Gasteiger partial charge in [0.25, 0.3) is 5.91 Å². The summed E-state index contributed by atoms with van der Waals surface area (Å²) in [6, 6.07) is 16.8. The highest BCUT2D eigenvalue weighted by Crippen LogP contribution is 2.24. The Bertz CT molecular complexity index is 1500. The fraction of sp³-hybridized carbons (Fsp3) is 0.286. The van der Waals surface area contributed by atoms with Crippen LogP contribution in [0.2, 0.25) is 0 Å². The number of nitrogens with zero attached hydrogens (tertiary/aromatic N) is 4. The van der Waals surface area contributed by atoms with Gasteiger partial charge in [-0.3, -0.25) is 4.79 Å². The van der Waals surface area contributed by atoms with Crippen molar-refractivity contribution in [3.8, 4) is 5.75 Å². The van der Waals surface area contributed by atoms with E-state index in [1.807, 2.05) is 6.07 Å². The van der Waals surface area contributed by atoms with Gasteiger partial charge >= 0.3 is 0 Å². The molecule has 36 heavy (non-hydrogen) atoms. The van der Waals surface area contributed by atoms with Crippen LogP contribution >= 0.6 is 0 Å². The SMILES string of the molecule is Cn1cc(CCCOc2ccc3ccn(CCC[C@@H](O)n4cnc(C(N)=O)c4)c3c2)c2ccccc21. The molecule has 2 aromatic carbocycles. The van der Waals surface area contributed by atoms with E-state index in [1.165, 1.54) is 33.6 Å². The molecule has 0 bridgehead atoms. The van der Waals surface area contributed by atoms with Crippen molar-refractivity contribution in [1.29, 1.82) is 0 Å². The highest BCUT2D eigenvalue weighted by molar-refractivity contribution is 5.90. The normalized spacial score (nSPS) is 12.4. The van der Waals surface area contributed by atoms with Gasteiger partial charge in [0.05, 0.1) is 18.5 Å². The number of aliphatic hydroxyl groups is 1. The molecule has 0 spiro atoms. The lowest BCUT2D eigenvalue weighted by molar-refractivity contribution is 0.0905. The number of carbonyl (C=O) groups is 1. The van der Waals surface area contributed by atoms with E-state index in [0.29, 0.717) is 13.0 Å². The number of para-hydroxylation sites is 1. The van der Waals surface area contributed by atoms with Crippen LogP contribution in [0.25, 0.3) is 21.8 Å². The number of benzene rings is 2. The number of hydrogen-bond donors (Lipinski definition) is 2. The van der Waals surface area contributed by atoms with Gasteiger partial charge in [-0.15, -0.1) is 0 Å². The summed E-state index contributed by atoms with van der Waals surface area (Å²) in [5.74, 6) is 0.254. The molecule has 1 amide bonds. The zero-order valence-corrected chi connectivity index (χ0v) is 20.4. The number of aryl methyl sites for hydroxylation is 3. The number of ether oxygens (including phenoxy) is 1. The molecule has 3 N–H and O–H groups in total. The number of imidazole rings is 1. The minimum Gasteiger partial charge on any atom is -0.494 e. The highest BCUT2D eigenvalue weighted by atomic mass is 16.5. The number of fused-ring (bicyclic) bond motifs is 2. The highest BCUT2D eigenvalue weighted by Gasteiger charge is 2.11. The second-order valence-electron chi connectivity index (χ2n) is 9.16. The average Bonchev–Trinajstić information content (AvgIpc) is 3.60. The lowest BCUT2D eigenvalue weighted by atomic mass is 10.1. The molecule has 0 radical (unpaired) electrons. The van der Waals surface area contributed by atoms with Crippen molar-refractivity contribution in [2.24, 2.45) is 12.8 Å². The molecule has 0 saturated heterocycles. The van der Waals surface area contributed by atoms with Crippen molar-refractivity contribution >= 4 is 27.7 Å². The van der Waals surface area contributed by atoms with Gasteiger partial charge < -0.3 is 29.3 Å². The van der Waals surface area contributed by atoms with Crippen molar-refractivity contribution in [3.05, 3.63) is 84.7 Å². The number of carbonyl (C=O) groups excluding carboxylic acids is 1. The van der Waals surface area contributed by atoms with E-state index in [9.17, 15) is 9.90 Å². The lowest BCUT2D eigenvalue weighted by Crippen LogP contribution is -2.12. The van der Waals surface area contributed by atoms with Crippen molar-refractivity contribution < 1.29 is 14.6 Å². The zero-order chi connectivity index (χ0) is 25.1. The van der Waals surface area contributed by atoms with Crippen molar-refractivity contribution in [2.75, 3.05) is 6.61 Å². The van der Waals surface area contributed by atoms with Crippen LogP contribution in [0.15, 0.2) is 73.4 Å². The largest absolute Gasteiger partial charge is 0.494 e. The maximum atomic E-state index is 11.2. The lowest BCUT2D eigenvalue weighted by Gasteiger charge is -2.13. The van der Waals surface area contributed by atoms with Crippen LogP contribution in [-0.4, -0.2) is 36.3 Å². The van der Waals surface area contributed by atoms with Gasteiger partial charge in [0.15, 0.2) is 0 Å². The third-order valence-electron chi connectivity index (χ3n) is 6.64. The van der Waals surface area contributed by atoms with E-state index in [1.54, 1.807) is 0 Å². The first-order valence-corrected chi connectivity index (χ1v) is 12.3. The van der Waals surface area contributed by atoms with Gasteiger partial charge in [-0.25, -0.2) is 4.98 Å². The fourth-order valence-corrected chi connectivity index (χ4v) is 4.75. The molecule has 186 valence electrons. The van der Waals surface area contributed by atoms with Gasteiger partial charge in [-0.1, -0.05) is 18.2 Å². The second kappa shape index (κ2) is 10.3. The molecule has 8 nitrogen and oxygen atoms in total. The monoisotopic (exact) mass is 485 g/mol. The fourth-order valence-electron chi connectivity index (χ4n) is 4.75. The first-order chi connectivity index (χ1) is 17.5. The molecule has 0 aliphatic heterocycles. The van der Waals surface area contributed by atoms with Gasteiger partial charge in [-0.05, 0) is 60.9 Å². The van der Waals surface area contributed by atoms with Crippen molar-refractivity contribution in [1.82, 2.24) is 18.7 Å². The second-order valence-corrected chi connectivity index (χ2v) is 9.16. The molecule has 8 heteroatoms.